The standard InChI is InChI=1S/C13H22N4O2/c1-3-4-7-17(8-9-18)13-11(12(14)16-19)10(2)5-6-15-13/h5-6,18-19H,3-4,7-9H2,1-2H3,(H2,14,16). The molecule has 0 saturated heterocycles. The summed E-state index contributed by atoms with van der Waals surface area (Å²) in [5, 5.41) is 21.1. The van der Waals surface area contributed by atoms with Gasteiger partial charge in [-0.25, -0.2) is 4.98 Å². The first kappa shape index (κ1) is 15.2. The van der Waals surface area contributed by atoms with E-state index in [0.29, 0.717) is 17.9 Å². The Balaban J connectivity index is 3.17. The lowest BCUT2D eigenvalue weighted by Crippen LogP contribution is -2.31. The van der Waals surface area contributed by atoms with Gasteiger partial charge >= 0.3 is 0 Å². The van der Waals surface area contributed by atoms with E-state index in [1.54, 1.807) is 6.20 Å². The average molecular weight is 266 g/mol. The number of aryl methyl sites for hydroxylation is 1. The SMILES string of the molecule is CCCCN(CCO)c1nccc(C)c1/C(N)=N/O. The summed E-state index contributed by atoms with van der Waals surface area (Å²) in [5.41, 5.74) is 7.24. The smallest absolute Gasteiger partial charge is 0.174 e. The quantitative estimate of drug-likeness (QED) is 0.297. The molecule has 0 radical (unpaired) electrons. The summed E-state index contributed by atoms with van der Waals surface area (Å²) in [6, 6.07) is 1.81. The summed E-state index contributed by atoms with van der Waals surface area (Å²) < 4.78 is 0. The van der Waals surface area contributed by atoms with Gasteiger partial charge < -0.3 is 20.9 Å². The fourth-order valence-electron chi connectivity index (χ4n) is 1.94. The molecule has 0 atom stereocenters. The highest BCUT2D eigenvalue weighted by atomic mass is 16.4. The fraction of sp³-hybridized carbons (Fsp3) is 0.538. The summed E-state index contributed by atoms with van der Waals surface area (Å²) in [7, 11) is 0. The number of hydrogen-bond donors (Lipinski definition) is 3. The van der Waals surface area contributed by atoms with Crippen molar-refractivity contribution in [1.29, 1.82) is 0 Å². The molecule has 0 bridgehead atoms. The van der Waals surface area contributed by atoms with Crippen LogP contribution in [0, 0.1) is 6.92 Å². The third-order valence-corrected chi connectivity index (χ3v) is 2.95. The van der Waals surface area contributed by atoms with Crippen LogP contribution in [0.4, 0.5) is 5.82 Å². The molecule has 0 aromatic carbocycles. The van der Waals surface area contributed by atoms with E-state index < -0.39 is 0 Å². The molecule has 0 aliphatic carbocycles. The minimum Gasteiger partial charge on any atom is -0.409 e. The van der Waals surface area contributed by atoms with Crippen molar-refractivity contribution in [3.63, 3.8) is 0 Å². The summed E-state index contributed by atoms with van der Waals surface area (Å²) in [4.78, 5) is 6.29. The van der Waals surface area contributed by atoms with Gasteiger partial charge in [0.2, 0.25) is 0 Å². The average Bonchev–Trinajstić information content (AvgIpc) is 2.42. The number of aliphatic hydroxyl groups excluding tert-OH is 1. The van der Waals surface area contributed by atoms with Crippen LogP contribution in [0.5, 0.6) is 0 Å². The van der Waals surface area contributed by atoms with Crippen molar-refractivity contribution in [3.8, 4) is 0 Å². The van der Waals surface area contributed by atoms with Gasteiger partial charge in [0.05, 0.1) is 12.2 Å². The normalized spacial score (nSPS) is 11.6. The van der Waals surface area contributed by atoms with Crippen molar-refractivity contribution in [1.82, 2.24) is 4.98 Å². The van der Waals surface area contributed by atoms with Crippen LogP contribution in [-0.2, 0) is 0 Å². The van der Waals surface area contributed by atoms with Crippen LogP contribution in [0.1, 0.15) is 30.9 Å². The van der Waals surface area contributed by atoms with E-state index >= 15 is 0 Å². The molecule has 0 spiro atoms. The van der Waals surface area contributed by atoms with E-state index in [4.69, 9.17) is 10.9 Å². The number of hydrogen-bond acceptors (Lipinski definition) is 5. The van der Waals surface area contributed by atoms with Crippen LogP contribution >= 0.6 is 0 Å². The molecule has 0 aliphatic heterocycles. The number of amidine groups is 1. The number of rotatable bonds is 7. The van der Waals surface area contributed by atoms with Crippen molar-refractivity contribution in [2.75, 3.05) is 24.6 Å². The van der Waals surface area contributed by atoms with Crippen LogP contribution in [0.25, 0.3) is 0 Å². The molecule has 4 N–H and O–H groups in total. The Morgan fingerprint density at radius 1 is 1.47 bits per heavy atom. The Morgan fingerprint density at radius 3 is 2.79 bits per heavy atom. The minimum absolute atomic E-state index is 0.0367. The summed E-state index contributed by atoms with van der Waals surface area (Å²) in [6.07, 6.45) is 3.73. The highest BCUT2D eigenvalue weighted by Gasteiger charge is 2.17. The number of oxime groups is 1. The predicted octanol–water partition coefficient (Wildman–Crippen LogP) is 1.08. The van der Waals surface area contributed by atoms with Crippen molar-refractivity contribution >= 4 is 11.7 Å². The van der Waals surface area contributed by atoms with Crippen molar-refractivity contribution in [3.05, 3.63) is 23.4 Å². The second-order valence-corrected chi connectivity index (χ2v) is 4.38. The molecule has 0 fully saturated rings. The molecular weight excluding hydrogens is 244 g/mol. The number of nitrogens with zero attached hydrogens (tertiary/aromatic N) is 3. The van der Waals surface area contributed by atoms with Gasteiger partial charge in [-0.05, 0) is 25.0 Å². The van der Waals surface area contributed by atoms with Gasteiger partial charge in [-0.1, -0.05) is 18.5 Å². The first-order valence-electron chi connectivity index (χ1n) is 6.45. The maximum Gasteiger partial charge on any atom is 0.174 e. The summed E-state index contributed by atoms with van der Waals surface area (Å²) in [6.45, 7) is 5.27. The topological polar surface area (TPSA) is 95.0 Å². The molecule has 1 aromatic heterocycles. The fourth-order valence-corrected chi connectivity index (χ4v) is 1.94. The molecule has 6 nitrogen and oxygen atoms in total. The van der Waals surface area contributed by atoms with Crippen molar-refractivity contribution in [2.24, 2.45) is 10.9 Å². The van der Waals surface area contributed by atoms with Gasteiger partial charge in [-0.3, -0.25) is 0 Å². The molecule has 6 heteroatoms. The van der Waals surface area contributed by atoms with E-state index in [9.17, 15) is 5.11 Å². The van der Waals surface area contributed by atoms with E-state index in [-0.39, 0.29) is 12.4 Å². The zero-order valence-corrected chi connectivity index (χ0v) is 11.5. The second-order valence-electron chi connectivity index (χ2n) is 4.38. The third kappa shape index (κ3) is 3.82. The number of nitrogens with two attached hydrogens (primary N) is 1. The van der Waals surface area contributed by atoms with Crippen LogP contribution in [0.15, 0.2) is 17.4 Å². The highest BCUT2D eigenvalue weighted by Crippen LogP contribution is 2.21. The van der Waals surface area contributed by atoms with E-state index in [1.165, 1.54) is 0 Å². The Morgan fingerprint density at radius 2 is 2.21 bits per heavy atom. The molecule has 106 valence electrons. The Labute approximate surface area is 113 Å². The van der Waals surface area contributed by atoms with Gasteiger partial charge in [0.25, 0.3) is 0 Å². The lowest BCUT2D eigenvalue weighted by molar-refractivity contribution is 0.301. The Hall–Kier alpha value is -1.82. The van der Waals surface area contributed by atoms with Crippen molar-refractivity contribution in [2.45, 2.75) is 26.7 Å². The minimum atomic E-state index is 0.0367. The number of pyridine rings is 1. The van der Waals surface area contributed by atoms with E-state index in [1.807, 2.05) is 17.9 Å². The van der Waals surface area contributed by atoms with Crippen molar-refractivity contribution < 1.29 is 10.3 Å². The number of anilines is 1. The lowest BCUT2D eigenvalue weighted by atomic mass is 10.1. The number of aliphatic hydroxyl groups is 1. The molecule has 1 aromatic rings. The van der Waals surface area contributed by atoms with Crippen LogP contribution < -0.4 is 10.6 Å². The van der Waals surface area contributed by atoms with Crippen LogP contribution in [0.2, 0.25) is 0 Å². The van der Waals surface area contributed by atoms with E-state index in [2.05, 4.69) is 17.1 Å². The number of aromatic nitrogens is 1. The molecule has 0 saturated carbocycles. The molecular formula is C13H22N4O2. The molecule has 1 heterocycles. The van der Waals surface area contributed by atoms with E-state index in [0.717, 1.165) is 24.9 Å². The van der Waals surface area contributed by atoms with Gasteiger partial charge in [0.1, 0.15) is 5.82 Å². The van der Waals surface area contributed by atoms with Gasteiger partial charge in [0, 0.05) is 19.3 Å². The molecule has 1 rings (SSSR count). The third-order valence-electron chi connectivity index (χ3n) is 2.95. The lowest BCUT2D eigenvalue weighted by Gasteiger charge is -2.25. The summed E-state index contributed by atoms with van der Waals surface area (Å²) in [5.74, 6) is 0.692. The van der Waals surface area contributed by atoms with Gasteiger partial charge in [-0.15, -0.1) is 0 Å². The van der Waals surface area contributed by atoms with Gasteiger partial charge in [0.15, 0.2) is 5.84 Å². The first-order chi connectivity index (χ1) is 9.15. The zero-order chi connectivity index (χ0) is 14.3. The second kappa shape index (κ2) is 7.58. The van der Waals surface area contributed by atoms with Gasteiger partial charge in [-0.2, -0.15) is 0 Å². The predicted molar refractivity (Wildman–Crippen MR) is 75.7 cm³/mol. The first-order valence-corrected chi connectivity index (χ1v) is 6.45. The summed E-state index contributed by atoms with van der Waals surface area (Å²) >= 11 is 0. The van der Waals surface area contributed by atoms with Crippen LogP contribution in [-0.4, -0.2) is 40.8 Å². The zero-order valence-electron chi connectivity index (χ0n) is 11.5. The molecule has 0 unspecified atom stereocenters. The Kier molecular flexibility index (Phi) is 6.08. The Bertz CT molecular complexity index is 435. The maximum absolute atomic E-state index is 9.17. The van der Waals surface area contributed by atoms with Crippen LogP contribution in [0.3, 0.4) is 0 Å². The molecule has 0 amide bonds. The molecule has 0 aliphatic rings. The molecule has 19 heavy (non-hydrogen) atoms. The largest absolute Gasteiger partial charge is 0.409 e. The maximum atomic E-state index is 9.17. The monoisotopic (exact) mass is 266 g/mol. The number of unbranched alkanes of at least 4 members (excludes halogenated alkanes) is 1. The highest BCUT2D eigenvalue weighted by molar-refractivity contribution is 6.02.